The average molecular weight is 804 g/mol. The number of unbranched alkanes of at least 4 members (excludes halogenated alkanes) is 31. The van der Waals surface area contributed by atoms with Crippen LogP contribution >= 0.6 is 0 Å². The Morgan fingerprint density at radius 2 is 0.825 bits per heavy atom. The molecule has 6 heteroatoms. The van der Waals surface area contributed by atoms with Gasteiger partial charge in [0.25, 0.3) is 0 Å². The Morgan fingerprint density at radius 3 is 1.25 bits per heavy atom. The highest BCUT2D eigenvalue weighted by Crippen LogP contribution is 2.16. The third kappa shape index (κ3) is 43.7. The molecule has 0 fully saturated rings. The normalized spacial score (nSPS) is 12.8. The highest BCUT2D eigenvalue weighted by atomic mass is 16.5. The first-order valence-electron chi connectivity index (χ1n) is 25.1. The van der Waals surface area contributed by atoms with Crippen LogP contribution in [0, 0.1) is 0 Å². The standard InChI is InChI=1S/C51H97NO5/c1-3-5-7-9-11-13-15-17-19-21-23-27-31-35-39-43-49(54)48(47-53)52-50(55)44-40-36-32-28-25-26-30-34-38-42-46-57-51(56)45-41-37-33-29-24-22-20-18-16-14-12-10-8-6-4-2/h18,20,26,30,48-49,53-54H,3-17,19,21-25,27-29,31-47H2,1-2H3,(H,52,55)/b20-18-,30-26-. The lowest BCUT2D eigenvalue weighted by molar-refractivity contribution is -0.143. The van der Waals surface area contributed by atoms with Crippen molar-refractivity contribution in [1.82, 2.24) is 5.32 Å². The van der Waals surface area contributed by atoms with E-state index in [1.54, 1.807) is 0 Å². The van der Waals surface area contributed by atoms with E-state index in [1.165, 1.54) is 154 Å². The molecular formula is C51H97NO5. The van der Waals surface area contributed by atoms with Gasteiger partial charge in [-0.15, -0.1) is 0 Å². The minimum atomic E-state index is -0.685. The van der Waals surface area contributed by atoms with Gasteiger partial charge in [0.15, 0.2) is 0 Å². The van der Waals surface area contributed by atoms with Gasteiger partial charge in [0, 0.05) is 12.8 Å². The topological polar surface area (TPSA) is 95.9 Å². The van der Waals surface area contributed by atoms with E-state index in [1.807, 2.05) is 0 Å². The zero-order valence-corrected chi connectivity index (χ0v) is 38.1. The number of hydrogen-bond donors (Lipinski definition) is 3. The third-order valence-electron chi connectivity index (χ3n) is 11.5. The predicted molar refractivity (Wildman–Crippen MR) is 246 cm³/mol. The van der Waals surface area contributed by atoms with Crippen molar-refractivity contribution >= 4 is 11.9 Å². The molecule has 1 amide bonds. The van der Waals surface area contributed by atoms with Crippen LogP contribution in [0.25, 0.3) is 0 Å². The second-order valence-electron chi connectivity index (χ2n) is 17.1. The molecule has 0 spiro atoms. The van der Waals surface area contributed by atoms with Crippen LogP contribution in [-0.4, -0.2) is 47.4 Å². The summed E-state index contributed by atoms with van der Waals surface area (Å²) >= 11 is 0. The maximum atomic E-state index is 12.4. The number of aliphatic hydroxyl groups is 2. The molecule has 0 bridgehead atoms. The van der Waals surface area contributed by atoms with Crippen molar-refractivity contribution in [2.45, 2.75) is 276 Å². The number of nitrogens with one attached hydrogen (secondary N) is 1. The molecule has 0 aliphatic carbocycles. The molecular weight excluding hydrogens is 707 g/mol. The molecule has 0 aromatic heterocycles. The van der Waals surface area contributed by atoms with E-state index < -0.39 is 12.1 Å². The molecule has 2 atom stereocenters. The molecule has 2 unspecified atom stereocenters. The fourth-order valence-corrected chi connectivity index (χ4v) is 7.57. The lowest BCUT2D eigenvalue weighted by Gasteiger charge is -2.22. The van der Waals surface area contributed by atoms with Gasteiger partial charge in [0.1, 0.15) is 0 Å². The summed E-state index contributed by atoms with van der Waals surface area (Å²) in [6, 6.07) is -0.566. The Balaban J connectivity index is 3.54. The molecule has 0 saturated heterocycles. The largest absolute Gasteiger partial charge is 0.466 e. The van der Waals surface area contributed by atoms with Gasteiger partial charge in [-0.25, -0.2) is 0 Å². The average Bonchev–Trinajstić information content (AvgIpc) is 3.21. The molecule has 0 aliphatic heterocycles. The van der Waals surface area contributed by atoms with Crippen LogP contribution in [0.5, 0.6) is 0 Å². The van der Waals surface area contributed by atoms with Gasteiger partial charge < -0.3 is 20.3 Å². The lowest BCUT2D eigenvalue weighted by atomic mass is 10.0. The van der Waals surface area contributed by atoms with Crippen LogP contribution in [0.1, 0.15) is 264 Å². The van der Waals surface area contributed by atoms with Crippen LogP contribution in [0.2, 0.25) is 0 Å². The summed E-state index contributed by atoms with van der Waals surface area (Å²) in [6.07, 6.45) is 54.3. The Morgan fingerprint density at radius 1 is 0.474 bits per heavy atom. The molecule has 336 valence electrons. The number of amides is 1. The summed E-state index contributed by atoms with van der Waals surface area (Å²) in [6.45, 7) is 4.85. The van der Waals surface area contributed by atoms with E-state index in [0.717, 1.165) is 77.0 Å². The number of carbonyl (C=O) groups is 2. The zero-order chi connectivity index (χ0) is 41.5. The van der Waals surface area contributed by atoms with E-state index in [-0.39, 0.29) is 18.5 Å². The van der Waals surface area contributed by atoms with Gasteiger partial charge >= 0.3 is 5.97 Å². The maximum Gasteiger partial charge on any atom is 0.305 e. The molecule has 0 saturated carbocycles. The second kappa shape index (κ2) is 47.0. The summed E-state index contributed by atoms with van der Waals surface area (Å²) in [5, 5.41) is 23.2. The number of aliphatic hydroxyl groups excluding tert-OH is 2. The molecule has 0 rings (SSSR count). The maximum absolute atomic E-state index is 12.4. The fourth-order valence-electron chi connectivity index (χ4n) is 7.57. The van der Waals surface area contributed by atoms with Crippen LogP contribution in [-0.2, 0) is 14.3 Å². The molecule has 0 radical (unpaired) electrons. The number of carbonyl (C=O) groups excluding carboxylic acids is 2. The fraction of sp³-hybridized carbons (Fsp3) is 0.882. The molecule has 0 aromatic rings. The van der Waals surface area contributed by atoms with E-state index in [4.69, 9.17) is 4.74 Å². The molecule has 3 N–H and O–H groups in total. The van der Waals surface area contributed by atoms with Gasteiger partial charge in [-0.2, -0.15) is 0 Å². The SMILES string of the molecule is CCCCCCCC/C=C\CCCCCCCC(=O)OCCCC/C=C\CCCCCCC(=O)NC(CO)C(O)CCCCCCCCCCCCCCCCC. The number of esters is 1. The van der Waals surface area contributed by atoms with Gasteiger partial charge in [0.05, 0.1) is 25.4 Å². The first kappa shape index (κ1) is 55.3. The zero-order valence-electron chi connectivity index (χ0n) is 38.1. The van der Waals surface area contributed by atoms with Crippen molar-refractivity contribution in [3.05, 3.63) is 24.3 Å². The molecule has 0 aromatic carbocycles. The lowest BCUT2D eigenvalue weighted by Crippen LogP contribution is -2.45. The van der Waals surface area contributed by atoms with Crippen molar-refractivity contribution in [2.75, 3.05) is 13.2 Å². The van der Waals surface area contributed by atoms with Gasteiger partial charge in [-0.05, 0) is 77.0 Å². The summed E-state index contributed by atoms with van der Waals surface area (Å²) in [7, 11) is 0. The van der Waals surface area contributed by atoms with Crippen LogP contribution in [0.3, 0.4) is 0 Å². The second-order valence-corrected chi connectivity index (χ2v) is 17.1. The van der Waals surface area contributed by atoms with E-state index in [9.17, 15) is 19.8 Å². The number of rotatable bonds is 46. The van der Waals surface area contributed by atoms with Crippen molar-refractivity contribution in [3.8, 4) is 0 Å². The number of ether oxygens (including phenoxy) is 1. The van der Waals surface area contributed by atoms with Gasteiger partial charge in [-0.3, -0.25) is 9.59 Å². The highest BCUT2D eigenvalue weighted by Gasteiger charge is 2.20. The summed E-state index contributed by atoms with van der Waals surface area (Å²) in [5.41, 5.74) is 0. The first-order chi connectivity index (χ1) is 28.0. The molecule has 57 heavy (non-hydrogen) atoms. The van der Waals surface area contributed by atoms with Crippen LogP contribution in [0.15, 0.2) is 24.3 Å². The molecule has 0 heterocycles. The summed E-state index contributed by atoms with van der Waals surface area (Å²) in [5.74, 6) is -0.115. The number of allylic oxidation sites excluding steroid dienone is 4. The van der Waals surface area contributed by atoms with E-state index >= 15 is 0 Å². The van der Waals surface area contributed by atoms with Crippen molar-refractivity contribution in [1.29, 1.82) is 0 Å². The minimum Gasteiger partial charge on any atom is -0.466 e. The Hall–Kier alpha value is -1.66. The van der Waals surface area contributed by atoms with Crippen molar-refractivity contribution < 1.29 is 24.5 Å². The quantitative estimate of drug-likeness (QED) is 0.0324. The van der Waals surface area contributed by atoms with Crippen LogP contribution in [0.4, 0.5) is 0 Å². The Bertz CT molecular complexity index is 889. The van der Waals surface area contributed by atoms with Gasteiger partial charge in [-0.1, -0.05) is 199 Å². The first-order valence-corrected chi connectivity index (χ1v) is 25.1. The van der Waals surface area contributed by atoms with Crippen LogP contribution < -0.4 is 5.32 Å². The monoisotopic (exact) mass is 804 g/mol. The Kier molecular flexibility index (Phi) is 45.7. The Labute approximate surface area is 354 Å². The minimum absolute atomic E-state index is 0.0444. The highest BCUT2D eigenvalue weighted by molar-refractivity contribution is 5.76. The summed E-state index contributed by atoms with van der Waals surface area (Å²) < 4.78 is 5.43. The third-order valence-corrected chi connectivity index (χ3v) is 11.5. The molecule has 6 nitrogen and oxygen atoms in total. The van der Waals surface area contributed by atoms with E-state index in [2.05, 4.69) is 43.5 Å². The van der Waals surface area contributed by atoms with E-state index in [0.29, 0.717) is 25.9 Å². The van der Waals surface area contributed by atoms with Gasteiger partial charge in [0.2, 0.25) is 5.91 Å². The smallest absolute Gasteiger partial charge is 0.305 e. The molecule has 0 aliphatic rings. The van der Waals surface area contributed by atoms with Crippen molar-refractivity contribution in [3.63, 3.8) is 0 Å². The van der Waals surface area contributed by atoms with Crippen molar-refractivity contribution in [2.24, 2.45) is 0 Å². The predicted octanol–water partition coefficient (Wildman–Crippen LogP) is 14.7. The summed E-state index contributed by atoms with van der Waals surface area (Å²) in [4.78, 5) is 24.4. The number of hydrogen-bond acceptors (Lipinski definition) is 5.